The molecule has 1 aliphatic carbocycles. The standard InChI is InChI=1S/C25H31ClN2O2/c1-17-12-13-18(2)21(14-17)15-24(29)28(16-20-8-4-7-11-23(20)26)19(3)25(30)27-22-9-5-6-10-22/h4,7-8,11-14,19,22H,5-6,9-10,15-16H2,1-3H3,(H,27,30)/t19-/m0/s1. The maximum absolute atomic E-state index is 13.4. The molecule has 0 heterocycles. The van der Waals surface area contributed by atoms with E-state index in [0.717, 1.165) is 47.9 Å². The molecule has 30 heavy (non-hydrogen) atoms. The van der Waals surface area contributed by atoms with Gasteiger partial charge in [-0.05, 0) is 56.4 Å². The van der Waals surface area contributed by atoms with Crippen molar-refractivity contribution in [2.75, 3.05) is 0 Å². The van der Waals surface area contributed by atoms with Crippen molar-refractivity contribution in [1.82, 2.24) is 10.2 Å². The minimum Gasteiger partial charge on any atom is -0.352 e. The summed E-state index contributed by atoms with van der Waals surface area (Å²) in [6.45, 7) is 6.15. The van der Waals surface area contributed by atoms with Crippen molar-refractivity contribution in [3.8, 4) is 0 Å². The van der Waals surface area contributed by atoms with Gasteiger partial charge < -0.3 is 10.2 Å². The Labute approximate surface area is 184 Å². The van der Waals surface area contributed by atoms with Crippen molar-refractivity contribution in [2.24, 2.45) is 0 Å². The quantitative estimate of drug-likeness (QED) is 0.679. The van der Waals surface area contributed by atoms with Crippen LogP contribution in [0.4, 0.5) is 0 Å². The molecule has 0 saturated heterocycles. The van der Waals surface area contributed by atoms with Gasteiger partial charge in [0.2, 0.25) is 11.8 Å². The fraction of sp³-hybridized carbons (Fsp3) is 0.440. The normalized spacial score (nSPS) is 15.1. The first-order chi connectivity index (χ1) is 14.3. The molecule has 2 aromatic rings. The van der Waals surface area contributed by atoms with Gasteiger partial charge in [-0.25, -0.2) is 0 Å². The molecular weight excluding hydrogens is 396 g/mol. The number of rotatable bonds is 7. The molecule has 3 rings (SSSR count). The van der Waals surface area contributed by atoms with Gasteiger partial charge in [0, 0.05) is 17.6 Å². The van der Waals surface area contributed by atoms with Gasteiger partial charge in [-0.1, -0.05) is 66.4 Å². The molecule has 1 saturated carbocycles. The third-order valence-corrected chi connectivity index (χ3v) is 6.38. The largest absolute Gasteiger partial charge is 0.352 e. The lowest BCUT2D eigenvalue weighted by Crippen LogP contribution is -2.50. The van der Waals surface area contributed by atoms with Gasteiger partial charge in [-0.2, -0.15) is 0 Å². The van der Waals surface area contributed by atoms with Crippen molar-refractivity contribution in [3.05, 3.63) is 69.7 Å². The van der Waals surface area contributed by atoms with E-state index in [4.69, 9.17) is 11.6 Å². The van der Waals surface area contributed by atoms with Crippen LogP contribution in [0.1, 0.15) is 54.9 Å². The summed E-state index contributed by atoms with van der Waals surface area (Å²) < 4.78 is 0. The molecule has 0 unspecified atom stereocenters. The van der Waals surface area contributed by atoms with Crippen LogP contribution in [0.5, 0.6) is 0 Å². The summed E-state index contributed by atoms with van der Waals surface area (Å²) >= 11 is 6.36. The first-order valence-corrected chi connectivity index (χ1v) is 11.1. The summed E-state index contributed by atoms with van der Waals surface area (Å²) in [6.07, 6.45) is 4.58. The average Bonchev–Trinajstić information content (AvgIpc) is 3.22. The zero-order chi connectivity index (χ0) is 21.7. The van der Waals surface area contributed by atoms with Crippen LogP contribution in [0, 0.1) is 13.8 Å². The molecular formula is C25H31ClN2O2. The average molecular weight is 427 g/mol. The predicted molar refractivity (Wildman–Crippen MR) is 121 cm³/mol. The van der Waals surface area contributed by atoms with Crippen molar-refractivity contribution in [1.29, 1.82) is 0 Å². The number of hydrogen-bond acceptors (Lipinski definition) is 2. The molecule has 4 nitrogen and oxygen atoms in total. The summed E-state index contributed by atoms with van der Waals surface area (Å²) in [5.41, 5.74) is 4.03. The highest BCUT2D eigenvalue weighted by molar-refractivity contribution is 6.31. The van der Waals surface area contributed by atoms with Crippen molar-refractivity contribution in [3.63, 3.8) is 0 Å². The van der Waals surface area contributed by atoms with E-state index in [-0.39, 0.29) is 24.3 Å². The fourth-order valence-electron chi connectivity index (χ4n) is 4.04. The molecule has 0 spiro atoms. The van der Waals surface area contributed by atoms with Crippen LogP contribution in [0.15, 0.2) is 42.5 Å². The molecule has 1 atom stereocenters. The summed E-state index contributed by atoms with van der Waals surface area (Å²) in [6, 6.07) is 13.3. The molecule has 1 aliphatic rings. The number of benzene rings is 2. The van der Waals surface area contributed by atoms with Crippen LogP contribution in [-0.4, -0.2) is 28.8 Å². The molecule has 1 N–H and O–H groups in total. The lowest BCUT2D eigenvalue weighted by atomic mass is 10.0. The summed E-state index contributed by atoms with van der Waals surface area (Å²) in [4.78, 5) is 28.0. The van der Waals surface area contributed by atoms with E-state index in [1.807, 2.05) is 63.2 Å². The Morgan fingerprint density at radius 1 is 1.10 bits per heavy atom. The number of carbonyl (C=O) groups excluding carboxylic acids is 2. The van der Waals surface area contributed by atoms with E-state index in [1.54, 1.807) is 4.90 Å². The Hall–Kier alpha value is -2.33. The Morgan fingerprint density at radius 2 is 1.80 bits per heavy atom. The molecule has 2 aromatic carbocycles. The van der Waals surface area contributed by atoms with Crippen LogP contribution in [0.25, 0.3) is 0 Å². The molecule has 0 bridgehead atoms. The Morgan fingerprint density at radius 3 is 2.50 bits per heavy atom. The summed E-state index contributed by atoms with van der Waals surface area (Å²) in [5, 5.41) is 3.74. The second-order valence-corrected chi connectivity index (χ2v) is 8.79. The first kappa shape index (κ1) is 22.4. The first-order valence-electron chi connectivity index (χ1n) is 10.7. The van der Waals surface area contributed by atoms with Gasteiger partial charge in [-0.15, -0.1) is 0 Å². The van der Waals surface area contributed by atoms with Crippen LogP contribution in [0.3, 0.4) is 0 Å². The monoisotopic (exact) mass is 426 g/mol. The lowest BCUT2D eigenvalue weighted by Gasteiger charge is -2.30. The minimum atomic E-state index is -0.570. The summed E-state index contributed by atoms with van der Waals surface area (Å²) in [7, 11) is 0. The van der Waals surface area contributed by atoms with E-state index in [2.05, 4.69) is 5.32 Å². The van der Waals surface area contributed by atoms with Gasteiger partial charge in [-0.3, -0.25) is 9.59 Å². The second-order valence-electron chi connectivity index (χ2n) is 8.39. The highest BCUT2D eigenvalue weighted by atomic mass is 35.5. The Bertz CT molecular complexity index is 906. The number of nitrogens with zero attached hydrogens (tertiary/aromatic N) is 1. The number of halogens is 1. The van der Waals surface area contributed by atoms with Gasteiger partial charge in [0.05, 0.1) is 6.42 Å². The van der Waals surface area contributed by atoms with E-state index < -0.39 is 6.04 Å². The fourth-order valence-corrected chi connectivity index (χ4v) is 4.24. The van der Waals surface area contributed by atoms with E-state index in [1.165, 1.54) is 0 Å². The lowest BCUT2D eigenvalue weighted by molar-refractivity contribution is -0.140. The SMILES string of the molecule is Cc1ccc(C)c(CC(=O)N(Cc2ccccc2Cl)[C@@H](C)C(=O)NC2CCCC2)c1. The third kappa shape index (κ3) is 5.63. The van der Waals surface area contributed by atoms with Crippen LogP contribution in [-0.2, 0) is 22.6 Å². The molecule has 160 valence electrons. The van der Waals surface area contributed by atoms with Crippen LogP contribution >= 0.6 is 11.6 Å². The molecule has 0 aliphatic heterocycles. The zero-order valence-corrected chi connectivity index (χ0v) is 18.8. The predicted octanol–water partition coefficient (Wildman–Crippen LogP) is 4.98. The van der Waals surface area contributed by atoms with Crippen molar-refractivity contribution < 1.29 is 9.59 Å². The van der Waals surface area contributed by atoms with Crippen LogP contribution in [0.2, 0.25) is 5.02 Å². The van der Waals surface area contributed by atoms with Crippen molar-refractivity contribution >= 4 is 23.4 Å². The Balaban J connectivity index is 1.82. The molecule has 1 fully saturated rings. The van der Waals surface area contributed by atoms with Gasteiger partial charge in [0.1, 0.15) is 6.04 Å². The smallest absolute Gasteiger partial charge is 0.242 e. The van der Waals surface area contributed by atoms with Gasteiger partial charge >= 0.3 is 0 Å². The molecule has 5 heteroatoms. The van der Waals surface area contributed by atoms with E-state index in [0.29, 0.717) is 11.6 Å². The van der Waals surface area contributed by atoms with E-state index >= 15 is 0 Å². The van der Waals surface area contributed by atoms with Gasteiger partial charge in [0.25, 0.3) is 0 Å². The van der Waals surface area contributed by atoms with Gasteiger partial charge in [0.15, 0.2) is 0 Å². The maximum Gasteiger partial charge on any atom is 0.242 e. The number of aryl methyl sites for hydroxylation is 2. The molecule has 2 amide bonds. The zero-order valence-electron chi connectivity index (χ0n) is 18.1. The topological polar surface area (TPSA) is 49.4 Å². The molecule has 0 radical (unpaired) electrons. The summed E-state index contributed by atoms with van der Waals surface area (Å²) in [5.74, 6) is -0.166. The Kier molecular flexibility index (Phi) is 7.54. The minimum absolute atomic E-state index is 0.0716. The van der Waals surface area contributed by atoms with Crippen LogP contribution < -0.4 is 5.32 Å². The number of nitrogens with one attached hydrogen (secondary N) is 1. The third-order valence-electron chi connectivity index (χ3n) is 6.01. The number of hydrogen-bond donors (Lipinski definition) is 1. The highest BCUT2D eigenvalue weighted by Crippen LogP contribution is 2.22. The van der Waals surface area contributed by atoms with Crippen molar-refractivity contribution in [2.45, 2.75) is 71.5 Å². The highest BCUT2D eigenvalue weighted by Gasteiger charge is 2.29. The molecule has 0 aromatic heterocycles. The second kappa shape index (κ2) is 10.1. The van der Waals surface area contributed by atoms with E-state index in [9.17, 15) is 9.59 Å². The number of carbonyl (C=O) groups is 2. The number of amides is 2. The maximum atomic E-state index is 13.4.